The predicted molar refractivity (Wildman–Crippen MR) is 61.4 cm³/mol. The molecule has 82 valence electrons. The molecule has 0 bridgehead atoms. The van der Waals surface area contributed by atoms with E-state index in [0.717, 1.165) is 17.5 Å². The first-order chi connectivity index (χ1) is 6.67. The second-order valence-corrected chi connectivity index (χ2v) is 5.72. The molecular formula is C13H25N. The lowest BCUT2D eigenvalue weighted by atomic mass is 9.63. The number of piperidine rings is 1. The average Bonchev–Trinajstić information content (AvgIpc) is 2.14. The van der Waals surface area contributed by atoms with E-state index < -0.39 is 0 Å². The highest BCUT2D eigenvalue weighted by Crippen LogP contribution is 2.49. The summed E-state index contributed by atoms with van der Waals surface area (Å²) in [7, 11) is 0. The van der Waals surface area contributed by atoms with E-state index in [9.17, 15) is 0 Å². The van der Waals surface area contributed by atoms with Crippen LogP contribution < -0.4 is 0 Å². The number of hydrogen-bond donors (Lipinski definition) is 0. The Morgan fingerprint density at radius 2 is 2.00 bits per heavy atom. The fourth-order valence-corrected chi connectivity index (χ4v) is 3.36. The van der Waals surface area contributed by atoms with E-state index in [1.54, 1.807) is 0 Å². The first-order valence-corrected chi connectivity index (χ1v) is 6.43. The number of hydrogen-bond acceptors (Lipinski definition) is 1. The van der Waals surface area contributed by atoms with Gasteiger partial charge in [0.1, 0.15) is 0 Å². The molecule has 0 amide bonds. The zero-order valence-corrected chi connectivity index (χ0v) is 10.1. The molecular weight excluding hydrogens is 170 g/mol. The Balaban J connectivity index is 2.01. The van der Waals surface area contributed by atoms with E-state index in [1.807, 2.05) is 0 Å². The summed E-state index contributed by atoms with van der Waals surface area (Å²) < 4.78 is 0. The maximum absolute atomic E-state index is 2.77. The van der Waals surface area contributed by atoms with Crippen LogP contribution in [0.15, 0.2) is 0 Å². The molecule has 1 nitrogen and oxygen atoms in total. The molecule has 1 aliphatic heterocycles. The Kier molecular flexibility index (Phi) is 2.88. The molecule has 1 heteroatoms. The first kappa shape index (κ1) is 10.5. The van der Waals surface area contributed by atoms with Crippen molar-refractivity contribution in [3.8, 4) is 0 Å². The molecule has 2 rings (SSSR count). The monoisotopic (exact) mass is 195 g/mol. The van der Waals surface area contributed by atoms with Crippen molar-refractivity contribution in [2.45, 2.75) is 71.4 Å². The SMILES string of the molecule is CC[C@@H]1CCC2(CCC2)CN1C(C)C. The van der Waals surface area contributed by atoms with Gasteiger partial charge >= 0.3 is 0 Å². The van der Waals surface area contributed by atoms with Crippen molar-refractivity contribution >= 4 is 0 Å². The fourth-order valence-electron chi connectivity index (χ4n) is 3.36. The van der Waals surface area contributed by atoms with Crippen LogP contribution in [0.1, 0.15) is 59.3 Å². The Morgan fingerprint density at radius 3 is 2.43 bits per heavy atom. The molecule has 1 heterocycles. The summed E-state index contributed by atoms with van der Waals surface area (Å²) >= 11 is 0. The zero-order chi connectivity index (χ0) is 10.2. The van der Waals surface area contributed by atoms with E-state index in [2.05, 4.69) is 25.7 Å². The molecule has 0 aromatic heterocycles. The van der Waals surface area contributed by atoms with Gasteiger partial charge in [0, 0.05) is 18.6 Å². The summed E-state index contributed by atoms with van der Waals surface area (Å²) in [5, 5.41) is 0. The molecule has 0 N–H and O–H groups in total. The molecule has 1 spiro atoms. The lowest BCUT2D eigenvalue weighted by molar-refractivity contribution is -0.0278. The number of rotatable bonds is 2. The second kappa shape index (κ2) is 3.84. The maximum Gasteiger partial charge on any atom is 0.00957 e. The van der Waals surface area contributed by atoms with Crippen molar-refractivity contribution in [1.29, 1.82) is 0 Å². The van der Waals surface area contributed by atoms with Crippen molar-refractivity contribution < 1.29 is 0 Å². The van der Waals surface area contributed by atoms with Crippen molar-refractivity contribution in [2.75, 3.05) is 6.54 Å². The van der Waals surface area contributed by atoms with Gasteiger partial charge in [0.05, 0.1) is 0 Å². The summed E-state index contributed by atoms with van der Waals surface area (Å²) in [6.45, 7) is 8.46. The minimum atomic E-state index is 0.748. The molecule has 2 aliphatic rings. The molecule has 1 saturated heterocycles. The van der Waals surface area contributed by atoms with Crippen molar-refractivity contribution in [3.05, 3.63) is 0 Å². The third-order valence-corrected chi connectivity index (χ3v) is 4.54. The molecule has 1 saturated carbocycles. The van der Waals surface area contributed by atoms with E-state index in [4.69, 9.17) is 0 Å². The molecule has 0 aromatic rings. The van der Waals surface area contributed by atoms with Crippen LogP contribution in [-0.4, -0.2) is 23.5 Å². The molecule has 0 radical (unpaired) electrons. The van der Waals surface area contributed by atoms with Gasteiger partial charge in [-0.05, 0) is 51.4 Å². The van der Waals surface area contributed by atoms with E-state index in [-0.39, 0.29) is 0 Å². The third kappa shape index (κ3) is 1.71. The van der Waals surface area contributed by atoms with Crippen LogP contribution in [0, 0.1) is 5.41 Å². The summed E-state index contributed by atoms with van der Waals surface area (Å²) in [4.78, 5) is 2.77. The average molecular weight is 195 g/mol. The lowest BCUT2D eigenvalue weighted by Crippen LogP contribution is -2.53. The summed E-state index contributed by atoms with van der Waals surface area (Å²) in [5.41, 5.74) is 0.760. The molecule has 0 aromatic carbocycles. The first-order valence-electron chi connectivity index (χ1n) is 6.43. The zero-order valence-electron chi connectivity index (χ0n) is 10.1. The van der Waals surface area contributed by atoms with E-state index >= 15 is 0 Å². The highest BCUT2D eigenvalue weighted by molar-refractivity contribution is 4.96. The van der Waals surface area contributed by atoms with Crippen LogP contribution in [0.5, 0.6) is 0 Å². The smallest absolute Gasteiger partial charge is 0.00957 e. The Labute approximate surface area is 88.9 Å². The van der Waals surface area contributed by atoms with Crippen molar-refractivity contribution in [3.63, 3.8) is 0 Å². The lowest BCUT2D eigenvalue weighted by Gasteiger charge is -2.53. The second-order valence-electron chi connectivity index (χ2n) is 5.72. The minimum absolute atomic E-state index is 0.748. The quantitative estimate of drug-likeness (QED) is 0.652. The number of nitrogens with zero attached hydrogens (tertiary/aromatic N) is 1. The van der Waals surface area contributed by atoms with Crippen LogP contribution in [0.4, 0.5) is 0 Å². The Hall–Kier alpha value is -0.0400. The predicted octanol–water partition coefficient (Wildman–Crippen LogP) is 3.44. The fraction of sp³-hybridized carbons (Fsp3) is 1.00. The van der Waals surface area contributed by atoms with Gasteiger partial charge in [-0.15, -0.1) is 0 Å². The third-order valence-electron chi connectivity index (χ3n) is 4.54. The standard InChI is InChI=1S/C13H25N/c1-4-12-6-9-13(7-5-8-13)10-14(12)11(2)3/h11-12H,4-10H2,1-3H3/t12-/m1/s1. The van der Waals surface area contributed by atoms with Crippen LogP contribution in [-0.2, 0) is 0 Å². The molecule has 1 atom stereocenters. The van der Waals surface area contributed by atoms with Gasteiger partial charge in [-0.1, -0.05) is 13.3 Å². The van der Waals surface area contributed by atoms with Gasteiger partial charge in [0.15, 0.2) is 0 Å². The molecule has 0 unspecified atom stereocenters. The van der Waals surface area contributed by atoms with Gasteiger partial charge in [-0.2, -0.15) is 0 Å². The van der Waals surface area contributed by atoms with E-state index in [0.29, 0.717) is 0 Å². The highest BCUT2D eigenvalue weighted by Gasteiger charge is 2.43. The number of likely N-dealkylation sites (tertiary alicyclic amines) is 1. The highest BCUT2D eigenvalue weighted by atomic mass is 15.2. The minimum Gasteiger partial charge on any atom is -0.297 e. The largest absolute Gasteiger partial charge is 0.297 e. The molecule has 1 aliphatic carbocycles. The van der Waals surface area contributed by atoms with Gasteiger partial charge in [-0.3, -0.25) is 4.90 Å². The summed E-state index contributed by atoms with van der Waals surface area (Å²) in [5.74, 6) is 0. The van der Waals surface area contributed by atoms with Crippen LogP contribution in [0.2, 0.25) is 0 Å². The van der Waals surface area contributed by atoms with E-state index in [1.165, 1.54) is 45.1 Å². The van der Waals surface area contributed by atoms with Gasteiger partial charge < -0.3 is 0 Å². The summed E-state index contributed by atoms with van der Waals surface area (Å²) in [6.07, 6.45) is 8.81. The van der Waals surface area contributed by atoms with Gasteiger partial charge in [0.2, 0.25) is 0 Å². The van der Waals surface area contributed by atoms with Crippen LogP contribution >= 0.6 is 0 Å². The van der Waals surface area contributed by atoms with Crippen molar-refractivity contribution in [2.24, 2.45) is 5.41 Å². The summed E-state index contributed by atoms with van der Waals surface area (Å²) in [6, 6.07) is 1.62. The van der Waals surface area contributed by atoms with Crippen molar-refractivity contribution in [1.82, 2.24) is 4.90 Å². The Bertz CT molecular complexity index is 193. The normalized spacial score (nSPS) is 32.1. The van der Waals surface area contributed by atoms with Crippen LogP contribution in [0.25, 0.3) is 0 Å². The van der Waals surface area contributed by atoms with Crippen LogP contribution in [0.3, 0.4) is 0 Å². The maximum atomic E-state index is 2.77. The van der Waals surface area contributed by atoms with Gasteiger partial charge in [-0.25, -0.2) is 0 Å². The topological polar surface area (TPSA) is 3.24 Å². The molecule has 14 heavy (non-hydrogen) atoms. The Morgan fingerprint density at radius 1 is 1.29 bits per heavy atom. The molecule has 2 fully saturated rings. The van der Waals surface area contributed by atoms with Gasteiger partial charge in [0.25, 0.3) is 0 Å².